The molecule has 1 aliphatic heterocycles. The molecule has 0 aromatic carbocycles. The molecule has 0 aromatic rings. The Morgan fingerprint density at radius 3 is 2.58 bits per heavy atom. The third kappa shape index (κ3) is 7.28. The van der Waals surface area contributed by atoms with Gasteiger partial charge in [-0.2, -0.15) is 0 Å². The second-order valence-corrected chi connectivity index (χ2v) is 6.74. The highest BCUT2D eigenvalue weighted by Crippen LogP contribution is 2.11. The van der Waals surface area contributed by atoms with Gasteiger partial charge in [-0.15, -0.1) is 0 Å². The number of nitrogens with zero attached hydrogens (tertiary/aromatic N) is 2. The molecule has 1 heterocycles. The van der Waals surface area contributed by atoms with Crippen molar-refractivity contribution >= 4 is 0 Å². The van der Waals surface area contributed by atoms with E-state index < -0.39 is 0 Å². The molecule has 0 spiro atoms. The Bertz CT molecular complexity index is 228. The summed E-state index contributed by atoms with van der Waals surface area (Å²) in [6.07, 6.45) is 5.37. The molecule has 1 rings (SSSR count). The molecule has 1 fully saturated rings. The minimum Gasteiger partial charge on any atom is -0.311 e. The molecule has 1 atom stereocenters. The van der Waals surface area contributed by atoms with E-state index in [1.54, 1.807) is 0 Å². The quantitative estimate of drug-likeness (QED) is 0.683. The maximum absolute atomic E-state index is 3.69. The maximum atomic E-state index is 3.69. The molecule has 19 heavy (non-hydrogen) atoms. The van der Waals surface area contributed by atoms with Gasteiger partial charge in [0.1, 0.15) is 0 Å². The molecular weight excluding hydrogens is 234 g/mol. The second kappa shape index (κ2) is 8.93. The van der Waals surface area contributed by atoms with Gasteiger partial charge in [-0.3, -0.25) is 0 Å². The molecule has 1 unspecified atom stereocenters. The topological polar surface area (TPSA) is 18.5 Å². The number of hydrogen-bond acceptors (Lipinski definition) is 3. The summed E-state index contributed by atoms with van der Waals surface area (Å²) in [4.78, 5) is 5.10. The fourth-order valence-electron chi connectivity index (χ4n) is 2.82. The molecule has 114 valence electrons. The van der Waals surface area contributed by atoms with Crippen molar-refractivity contribution in [3.05, 3.63) is 0 Å². The lowest BCUT2D eigenvalue weighted by Crippen LogP contribution is -2.48. The van der Waals surface area contributed by atoms with Crippen molar-refractivity contribution in [3.8, 4) is 0 Å². The van der Waals surface area contributed by atoms with Crippen molar-refractivity contribution in [3.63, 3.8) is 0 Å². The summed E-state index contributed by atoms with van der Waals surface area (Å²) in [5.74, 6) is 0. The largest absolute Gasteiger partial charge is 0.311 e. The van der Waals surface area contributed by atoms with Crippen LogP contribution in [0.2, 0.25) is 0 Å². The zero-order valence-electron chi connectivity index (χ0n) is 13.8. The number of likely N-dealkylation sites (tertiary alicyclic amines) is 1. The first-order chi connectivity index (χ1) is 8.99. The highest BCUT2D eigenvalue weighted by atomic mass is 15.2. The molecule has 1 saturated heterocycles. The number of piperidine rings is 1. The lowest BCUT2D eigenvalue weighted by Gasteiger charge is -2.34. The van der Waals surface area contributed by atoms with E-state index in [4.69, 9.17) is 0 Å². The molecule has 0 amide bonds. The van der Waals surface area contributed by atoms with E-state index in [2.05, 4.69) is 49.9 Å². The van der Waals surface area contributed by atoms with Crippen LogP contribution in [0.3, 0.4) is 0 Å². The van der Waals surface area contributed by atoms with E-state index in [9.17, 15) is 0 Å². The molecule has 1 aliphatic rings. The predicted molar refractivity (Wildman–Crippen MR) is 84.7 cm³/mol. The van der Waals surface area contributed by atoms with Crippen LogP contribution in [0.5, 0.6) is 0 Å². The average molecular weight is 269 g/mol. The smallest absolute Gasteiger partial charge is 0.0197 e. The standard InChI is InChI=1S/C16H35N3/c1-14(2)17-16-9-8-12-19(13-16)11-7-6-10-18(5)15(3)4/h14-17H,6-13H2,1-5H3. The van der Waals surface area contributed by atoms with Gasteiger partial charge in [0, 0.05) is 24.7 Å². The molecule has 1 N–H and O–H groups in total. The lowest BCUT2D eigenvalue weighted by molar-refractivity contribution is 0.178. The summed E-state index contributed by atoms with van der Waals surface area (Å²) in [5, 5.41) is 3.69. The van der Waals surface area contributed by atoms with Crippen LogP contribution in [-0.4, -0.2) is 61.2 Å². The van der Waals surface area contributed by atoms with Gasteiger partial charge in [-0.1, -0.05) is 13.8 Å². The van der Waals surface area contributed by atoms with Crippen molar-refractivity contribution < 1.29 is 0 Å². The zero-order chi connectivity index (χ0) is 14.3. The summed E-state index contributed by atoms with van der Waals surface area (Å²) in [6.45, 7) is 14.1. The van der Waals surface area contributed by atoms with Crippen LogP contribution >= 0.6 is 0 Å². The minimum absolute atomic E-state index is 0.615. The number of rotatable bonds is 8. The van der Waals surface area contributed by atoms with Crippen molar-refractivity contribution in [2.24, 2.45) is 0 Å². The van der Waals surface area contributed by atoms with Gasteiger partial charge in [0.15, 0.2) is 0 Å². The predicted octanol–water partition coefficient (Wildman–Crippen LogP) is 2.57. The Morgan fingerprint density at radius 1 is 1.21 bits per heavy atom. The minimum atomic E-state index is 0.615. The molecule has 3 heteroatoms. The fourth-order valence-corrected chi connectivity index (χ4v) is 2.82. The lowest BCUT2D eigenvalue weighted by atomic mass is 10.0. The van der Waals surface area contributed by atoms with Crippen LogP contribution in [0.1, 0.15) is 53.4 Å². The first kappa shape index (κ1) is 16.9. The van der Waals surface area contributed by atoms with E-state index >= 15 is 0 Å². The van der Waals surface area contributed by atoms with Gasteiger partial charge in [-0.05, 0) is 66.2 Å². The van der Waals surface area contributed by atoms with Gasteiger partial charge in [0.05, 0.1) is 0 Å². The number of unbranched alkanes of at least 4 members (excludes halogenated alkanes) is 1. The Balaban J connectivity index is 2.12. The first-order valence-electron chi connectivity index (χ1n) is 8.17. The fraction of sp³-hybridized carbons (Fsp3) is 1.00. The van der Waals surface area contributed by atoms with E-state index in [1.165, 1.54) is 51.9 Å². The van der Waals surface area contributed by atoms with Gasteiger partial charge >= 0.3 is 0 Å². The highest BCUT2D eigenvalue weighted by molar-refractivity contribution is 4.79. The molecule has 0 aliphatic carbocycles. The van der Waals surface area contributed by atoms with Crippen molar-refractivity contribution in [2.45, 2.75) is 71.5 Å². The summed E-state index contributed by atoms with van der Waals surface area (Å²) >= 11 is 0. The van der Waals surface area contributed by atoms with E-state index in [-0.39, 0.29) is 0 Å². The van der Waals surface area contributed by atoms with Crippen LogP contribution < -0.4 is 5.32 Å². The van der Waals surface area contributed by atoms with Crippen molar-refractivity contribution in [2.75, 3.05) is 33.2 Å². The molecule has 0 saturated carbocycles. The maximum Gasteiger partial charge on any atom is 0.0197 e. The second-order valence-electron chi connectivity index (χ2n) is 6.74. The van der Waals surface area contributed by atoms with Crippen LogP contribution in [-0.2, 0) is 0 Å². The van der Waals surface area contributed by atoms with Gasteiger partial charge in [0.25, 0.3) is 0 Å². The zero-order valence-corrected chi connectivity index (χ0v) is 13.8. The molecule has 0 radical (unpaired) electrons. The Morgan fingerprint density at radius 2 is 1.95 bits per heavy atom. The Labute approximate surface area is 120 Å². The third-order valence-corrected chi connectivity index (χ3v) is 4.19. The van der Waals surface area contributed by atoms with Gasteiger partial charge < -0.3 is 15.1 Å². The average Bonchev–Trinajstić information content (AvgIpc) is 2.34. The van der Waals surface area contributed by atoms with Gasteiger partial charge in [0.2, 0.25) is 0 Å². The molecule has 0 aromatic heterocycles. The highest BCUT2D eigenvalue weighted by Gasteiger charge is 2.19. The Hall–Kier alpha value is -0.120. The van der Waals surface area contributed by atoms with Crippen LogP contribution in [0.4, 0.5) is 0 Å². The summed E-state index contributed by atoms with van der Waals surface area (Å²) in [7, 11) is 2.23. The third-order valence-electron chi connectivity index (χ3n) is 4.19. The van der Waals surface area contributed by atoms with Gasteiger partial charge in [-0.25, -0.2) is 0 Å². The van der Waals surface area contributed by atoms with Crippen molar-refractivity contribution in [1.82, 2.24) is 15.1 Å². The number of hydrogen-bond donors (Lipinski definition) is 1. The van der Waals surface area contributed by atoms with E-state index in [1.807, 2.05) is 0 Å². The summed E-state index contributed by atoms with van der Waals surface area (Å²) in [6, 6.07) is 2.01. The normalized spacial score (nSPS) is 21.8. The van der Waals surface area contributed by atoms with Crippen LogP contribution in [0.25, 0.3) is 0 Å². The first-order valence-corrected chi connectivity index (χ1v) is 8.17. The van der Waals surface area contributed by atoms with E-state index in [0.29, 0.717) is 18.1 Å². The number of nitrogens with one attached hydrogen (secondary N) is 1. The van der Waals surface area contributed by atoms with Crippen LogP contribution in [0, 0.1) is 0 Å². The summed E-state index contributed by atoms with van der Waals surface area (Å²) < 4.78 is 0. The monoisotopic (exact) mass is 269 g/mol. The SMILES string of the molecule is CC(C)NC1CCCN(CCCCN(C)C(C)C)C1. The van der Waals surface area contributed by atoms with Crippen LogP contribution in [0.15, 0.2) is 0 Å². The van der Waals surface area contributed by atoms with E-state index in [0.717, 1.165) is 0 Å². The molecule has 0 bridgehead atoms. The summed E-state index contributed by atoms with van der Waals surface area (Å²) in [5.41, 5.74) is 0. The Kier molecular flexibility index (Phi) is 7.96. The molecular formula is C16H35N3. The van der Waals surface area contributed by atoms with Crippen molar-refractivity contribution in [1.29, 1.82) is 0 Å². The molecule has 3 nitrogen and oxygen atoms in total.